The second-order valence-corrected chi connectivity index (χ2v) is 6.04. The molecule has 0 saturated heterocycles. The van der Waals surface area contributed by atoms with Crippen molar-refractivity contribution < 1.29 is 9.59 Å². The molecule has 3 aromatic carbocycles. The van der Waals surface area contributed by atoms with Crippen molar-refractivity contribution in [3.8, 4) is 5.69 Å². The van der Waals surface area contributed by atoms with Crippen LogP contribution in [0.15, 0.2) is 79.0 Å². The molecule has 6 heteroatoms. The normalized spacial score (nSPS) is 10.7. The molecule has 0 spiro atoms. The number of fused-ring (bicyclic) bond motifs is 1. The van der Waals surface area contributed by atoms with Gasteiger partial charge in [-0.1, -0.05) is 36.4 Å². The van der Waals surface area contributed by atoms with Gasteiger partial charge in [-0.2, -0.15) is 5.10 Å². The maximum Gasteiger partial charge on any atom is 0.269 e. The highest BCUT2D eigenvalue weighted by Gasteiger charge is 2.10. The fourth-order valence-corrected chi connectivity index (χ4v) is 2.92. The van der Waals surface area contributed by atoms with Gasteiger partial charge in [0.25, 0.3) is 11.8 Å². The summed E-state index contributed by atoms with van der Waals surface area (Å²) in [5, 5.41) is 8.94. The molecule has 0 aliphatic rings. The van der Waals surface area contributed by atoms with Crippen LogP contribution in [0.2, 0.25) is 0 Å². The van der Waals surface area contributed by atoms with Gasteiger partial charge in [0, 0.05) is 17.4 Å². The number of carbonyl (C=O) groups excluding carboxylic acids is 2. The molecule has 6 nitrogen and oxygen atoms in total. The van der Waals surface area contributed by atoms with Crippen molar-refractivity contribution in [2.24, 2.45) is 5.73 Å². The van der Waals surface area contributed by atoms with Gasteiger partial charge >= 0.3 is 0 Å². The summed E-state index contributed by atoms with van der Waals surface area (Å²) in [6, 6.07) is 22.1. The van der Waals surface area contributed by atoms with Crippen LogP contribution in [0, 0.1) is 0 Å². The molecule has 4 aromatic rings. The Morgan fingerprint density at radius 1 is 0.889 bits per heavy atom. The minimum Gasteiger partial charge on any atom is -0.364 e. The number of nitrogens with one attached hydrogen (secondary N) is 1. The summed E-state index contributed by atoms with van der Waals surface area (Å²) < 4.78 is 1.55. The highest BCUT2D eigenvalue weighted by atomic mass is 16.2. The summed E-state index contributed by atoms with van der Waals surface area (Å²) in [6.07, 6.45) is 1.66. The van der Waals surface area contributed by atoms with Crippen molar-refractivity contribution >= 4 is 28.3 Å². The zero-order valence-electron chi connectivity index (χ0n) is 14.3. The van der Waals surface area contributed by atoms with Crippen LogP contribution in [0.5, 0.6) is 0 Å². The average Bonchev–Trinajstić information content (AvgIpc) is 3.18. The van der Waals surface area contributed by atoms with E-state index in [9.17, 15) is 9.59 Å². The molecule has 3 N–H and O–H groups in total. The first-order valence-electron chi connectivity index (χ1n) is 8.37. The van der Waals surface area contributed by atoms with Crippen LogP contribution >= 0.6 is 0 Å². The third-order valence-electron chi connectivity index (χ3n) is 4.27. The van der Waals surface area contributed by atoms with Crippen LogP contribution in [0.1, 0.15) is 20.8 Å². The average molecular weight is 356 g/mol. The Morgan fingerprint density at radius 3 is 2.37 bits per heavy atom. The lowest BCUT2D eigenvalue weighted by atomic mass is 10.0. The van der Waals surface area contributed by atoms with Gasteiger partial charge in [0.15, 0.2) is 0 Å². The molecule has 1 aromatic heterocycles. The molecule has 27 heavy (non-hydrogen) atoms. The molecule has 132 valence electrons. The van der Waals surface area contributed by atoms with Crippen molar-refractivity contribution in [1.29, 1.82) is 0 Å². The Morgan fingerprint density at radius 2 is 1.63 bits per heavy atom. The van der Waals surface area contributed by atoms with Gasteiger partial charge in [0.05, 0.1) is 5.69 Å². The molecule has 0 saturated carbocycles. The number of nitrogens with zero attached hydrogens (tertiary/aromatic N) is 2. The molecule has 0 unspecified atom stereocenters. The maximum atomic E-state index is 12.7. The number of anilines is 1. The molecule has 4 rings (SSSR count). The maximum absolute atomic E-state index is 12.7. The first-order valence-corrected chi connectivity index (χ1v) is 8.37. The van der Waals surface area contributed by atoms with E-state index in [0.29, 0.717) is 11.3 Å². The van der Waals surface area contributed by atoms with Gasteiger partial charge in [-0.05, 0) is 47.2 Å². The van der Waals surface area contributed by atoms with E-state index in [0.717, 1.165) is 16.5 Å². The second kappa shape index (κ2) is 6.76. The monoisotopic (exact) mass is 356 g/mol. The first-order chi connectivity index (χ1) is 13.1. The van der Waals surface area contributed by atoms with Crippen LogP contribution < -0.4 is 11.1 Å². The number of nitrogens with two attached hydrogens (primary N) is 1. The Labute approximate surface area is 155 Å². The quantitative estimate of drug-likeness (QED) is 0.587. The summed E-state index contributed by atoms with van der Waals surface area (Å²) >= 11 is 0. The van der Waals surface area contributed by atoms with Crippen LogP contribution in [-0.4, -0.2) is 21.6 Å². The van der Waals surface area contributed by atoms with E-state index in [1.165, 1.54) is 0 Å². The molecule has 0 bridgehead atoms. The molecular formula is C21H16N4O2. The number of benzene rings is 3. The minimum absolute atomic E-state index is 0.172. The molecule has 0 aliphatic heterocycles. The molecular weight excluding hydrogens is 340 g/mol. The standard InChI is InChI=1S/C21H16N4O2/c22-20(26)19-12-13-25(24-19)16-10-8-15(9-11-16)23-21(27)18-7-3-5-14-4-1-2-6-17(14)18/h1-13H,(H2,22,26)(H,23,27). The number of hydrogen-bond acceptors (Lipinski definition) is 3. The second-order valence-electron chi connectivity index (χ2n) is 6.04. The smallest absolute Gasteiger partial charge is 0.269 e. The number of carbonyl (C=O) groups is 2. The zero-order chi connectivity index (χ0) is 18.8. The first kappa shape index (κ1) is 16.5. The predicted octanol–water partition coefficient (Wildman–Crippen LogP) is 3.38. The lowest BCUT2D eigenvalue weighted by molar-refractivity contribution is 0.0993. The Kier molecular flexibility index (Phi) is 4.14. The van der Waals surface area contributed by atoms with Gasteiger partial charge in [0.2, 0.25) is 0 Å². The lowest BCUT2D eigenvalue weighted by Gasteiger charge is -2.09. The van der Waals surface area contributed by atoms with E-state index >= 15 is 0 Å². The molecule has 0 atom stereocenters. The van der Waals surface area contributed by atoms with Gasteiger partial charge in [-0.3, -0.25) is 9.59 Å². The molecule has 0 aliphatic carbocycles. The Balaban J connectivity index is 1.55. The topological polar surface area (TPSA) is 90.0 Å². The Hall–Kier alpha value is -3.93. The molecule has 0 fully saturated rings. The van der Waals surface area contributed by atoms with Crippen molar-refractivity contribution in [3.05, 3.63) is 90.3 Å². The predicted molar refractivity (Wildman–Crippen MR) is 104 cm³/mol. The van der Waals surface area contributed by atoms with E-state index in [-0.39, 0.29) is 11.6 Å². The van der Waals surface area contributed by atoms with E-state index < -0.39 is 5.91 Å². The SMILES string of the molecule is NC(=O)c1ccn(-c2ccc(NC(=O)c3cccc4ccccc34)cc2)n1. The van der Waals surface area contributed by atoms with Crippen LogP contribution in [0.4, 0.5) is 5.69 Å². The third-order valence-corrected chi connectivity index (χ3v) is 4.27. The van der Waals surface area contributed by atoms with Crippen molar-refractivity contribution in [3.63, 3.8) is 0 Å². The fraction of sp³-hybridized carbons (Fsp3) is 0. The lowest BCUT2D eigenvalue weighted by Crippen LogP contribution is -2.13. The van der Waals surface area contributed by atoms with Crippen LogP contribution in [0.25, 0.3) is 16.5 Å². The highest BCUT2D eigenvalue weighted by Crippen LogP contribution is 2.20. The zero-order valence-corrected chi connectivity index (χ0v) is 14.3. The number of aromatic nitrogens is 2. The van der Waals surface area contributed by atoms with E-state index in [1.54, 1.807) is 47.3 Å². The number of amides is 2. The number of hydrogen-bond donors (Lipinski definition) is 2. The fourth-order valence-electron chi connectivity index (χ4n) is 2.92. The summed E-state index contributed by atoms with van der Waals surface area (Å²) in [5.41, 5.74) is 7.46. The summed E-state index contributed by atoms with van der Waals surface area (Å²) in [6.45, 7) is 0. The molecule has 2 amide bonds. The molecule has 1 heterocycles. The molecule has 0 radical (unpaired) electrons. The van der Waals surface area contributed by atoms with Crippen molar-refractivity contribution in [1.82, 2.24) is 9.78 Å². The highest BCUT2D eigenvalue weighted by molar-refractivity contribution is 6.12. The number of rotatable bonds is 4. The van der Waals surface area contributed by atoms with Gasteiger partial charge < -0.3 is 11.1 Å². The van der Waals surface area contributed by atoms with Gasteiger partial charge in [-0.15, -0.1) is 0 Å². The van der Waals surface area contributed by atoms with E-state index in [1.807, 2.05) is 36.4 Å². The van der Waals surface area contributed by atoms with Gasteiger partial charge in [-0.25, -0.2) is 4.68 Å². The summed E-state index contributed by atoms with van der Waals surface area (Å²) in [7, 11) is 0. The van der Waals surface area contributed by atoms with Crippen LogP contribution in [-0.2, 0) is 0 Å². The number of primary amides is 1. The van der Waals surface area contributed by atoms with Crippen molar-refractivity contribution in [2.75, 3.05) is 5.32 Å². The van der Waals surface area contributed by atoms with Crippen LogP contribution in [0.3, 0.4) is 0 Å². The Bertz CT molecular complexity index is 1140. The summed E-state index contributed by atoms with van der Waals surface area (Å²) in [4.78, 5) is 23.8. The summed E-state index contributed by atoms with van der Waals surface area (Å²) in [5.74, 6) is -0.748. The van der Waals surface area contributed by atoms with E-state index in [4.69, 9.17) is 5.73 Å². The third kappa shape index (κ3) is 3.28. The minimum atomic E-state index is -0.576. The van der Waals surface area contributed by atoms with E-state index in [2.05, 4.69) is 10.4 Å². The van der Waals surface area contributed by atoms with Gasteiger partial charge in [0.1, 0.15) is 5.69 Å². The van der Waals surface area contributed by atoms with Crippen molar-refractivity contribution in [2.45, 2.75) is 0 Å². The largest absolute Gasteiger partial charge is 0.364 e.